The highest BCUT2D eigenvalue weighted by Crippen LogP contribution is 2.41. The zero-order valence-corrected chi connectivity index (χ0v) is 20.2. The number of non-ortho nitro benzene ring substituents is 1. The van der Waals surface area contributed by atoms with Gasteiger partial charge in [0.2, 0.25) is 0 Å². The van der Waals surface area contributed by atoms with Gasteiger partial charge in [-0.1, -0.05) is 52.5 Å². The van der Waals surface area contributed by atoms with Gasteiger partial charge in [0.15, 0.2) is 5.75 Å². The van der Waals surface area contributed by atoms with Crippen molar-refractivity contribution in [3.63, 3.8) is 0 Å². The maximum atomic E-state index is 13.0. The third-order valence-electron chi connectivity index (χ3n) is 4.53. The molecule has 0 spiro atoms. The van der Waals surface area contributed by atoms with Gasteiger partial charge in [-0.25, -0.2) is 8.42 Å². The maximum absolute atomic E-state index is 13.0. The van der Waals surface area contributed by atoms with Crippen LogP contribution in [0.2, 0.25) is 15.1 Å². The minimum atomic E-state index is -4.00. The summed E-state index contributed by atoms with van der Waals surface area (Å²) in [5.41, 5.74) is 2.82. The molecule has 11 heteroatoms. The molecule has 0 fully saturated rings. The van der Waals surface area contributed by atoms with Gasteiger partial charge in [-0.05, 0) is 50.1 Å². The Morgan fingerprint density at radius 3 is 1.97 bits per heavy atom. The zero-order chi connectivity index (χ0) is 23.8. The topological polar surface area (TPSA) is 98.5 Å². The molecule has 0 saturated heterocycles. The predicted octanol–water partition coefficient (Wildman–Crippen LogP) is 7.07. The van der Waals surface area contributed by atoms with Gasteiger partial charge in [-0.3, -0.25) is 14.8 Å². The Bertz CT molecular complexity index is 1300. The molecule has 1 N–H and O–H groups in total. The lowest BCUT2D eigenvalue weighted by molar-refractivity contribution is -0.384. The van der Waals surface area contributed by atoms with E-state index in [1.165, 1.54) is 24.3 Å². The Balaban J connectivity index is 1.94. The first kappa shape index (κ1) is 24.1. The standard InChI is InChI=1S/C21H17Cl3N2O5S/c1-11-6-12(2)20(13(3)7-11)25-32(29,30)15-9-17(23)21(18(24)10-15)31-19-5-4-14(26(27)28)8-16(19)22/h4-10,25H,1-3H3. The zero-order valence-electron chi connectivity index (χ0n) is 17.1. The first-order valence-electron chi connectivity index (χ1n) is 9.10. The minimum absolute atomic E-state index is 0.0324. The van der Waals surface area contributed by atoms with E-state index >= 15 is 0 Å². The summed E-state index contributed by atoms with van der Waals surface area (Å²) in [6, 6.07) is 9.76. The van der Waals surface area contributed by atoms with Gasteiger partial charge in [0.05, 0.1) is 30.6 Å². The quantitative estimate of drug-likeness (QED) is 0.279. The molecule has 32 heavy (non-hydrogen) atoms. The van der Waals surface area contributed by atoms with Gasteiger partial charge in [0.25, 0.3) is 15.7 Å². The van der Waals surface area contributed by atoms with Crippen LogP contribution in [0.1, 0.15) is 16.7 Å². The molecule has 3 aromatic rings. The number of sulfonamides is 1. The van der Waals surface area contributed by atoms with Crippen molar-refractivity contribution in [3.05, 3.63) is 84.3 Å². The van der Waals surface area contributed by atoms with Crippen molar-refractivity contribution in [1.29, 1.82) is 0 Å². The summed E-state index contributed by atoms with van der Waals surface area (Å²) in [6.45, 7) is 5.54. The fourth-order valence-corrected chi connectivity index (χ4v) is 5.28. The third kappa shape index (κ3) is 5.10. The van der Waals surface area contributed by atoms with Crippen LogP contribution in [0.4, 0.5) is 11.4 Å². The molecule has 0 atom stereocenters. The monoisotopic (exact) mass is 514 g/mol. The highest BCUT2D eigenvalue weighted by atomic mass is 35.5. The summed E-state index contributed by atoms with van der Waals surface area (Å²) in [7, 11) is -4.00. The van der Waals surface area contributed by atoms with E-state index in [4.69, 9.17) is 39.5 Å². The average Bonchev–Trinajstić information content (AvgIpc) is 2.68. The summed E-state index contributed by atoms with van der Waals surface area (Å²) in [5, 5.41) is 10.7. The van der Waals surface area contributed by atoms with Crippen LogP contribution in [0.3, 0.4) is 0 Å². The van der Waals surface area contributed by atoms with Crippen molar-refractivity contribution < 1.29 is 18.1 Å². The molecule has 0 aromatic heterocycles. The molecule has 168 valence electrons. The Labute approximate surface area is 200 Å². The molecule has 0 aliphatic heterocycles. The largest absolute Gasteiger partial charge is 0.453 e. The van der Waals surface area contributed by atoms with Crippen molar-refractivity contribution >= 4 is 56.2 Å². The van der Waals surface area contributed by atoms with Crippen LogP contribution in [-0.4, -0.2) is 13.3 Å². The molecular formula is C21H17Cl3N2O5S. The predicted molar refractivity (Wildman–Crippen MR) is 126 cm³/mol. The molecule has 7 nitrogen and oxygen atoms in total. The Morgan fingerprint density at radius 1 is 0.906 bits per heavy atom. The molecule has 0 aliphatic carbocycles. The molecule has 0 saturated carbocycles. The summed E-state index contributed by atoms with van der Waals surface area (Å²) < 4.78 is 34.1. The van der Waals surface area contributed by atoms with E-state index in [2.05, 4.69) is 4.72 Å². The van der Waals surface area contributed by atoms with E-state index in [1.807, 2.05) is 32.9 Å². The van der Waals surface area contributed by atoms with Gasteiger partial charge in [-0.15, -0.1) is 0 Å². The van der Waals surface area contributed by atoms with E-state index in [1.54, 1.807) is 0 Å². The number of anilines is 1. The van der Waals surface area contributed by atoms with Gasteiger partial charge >= 0.3 is 0 Å². The van der Waals surface area contributed by atoms with Crippen LogP contribution < -0.4 is 9.46 Å². The van der Waals surface area contributed by atoms with Gasteiger partial charge < -0.3 is 4.74 Å². The number of nitro groups is 1. The second-order valence-corrected chi connectivity index (χ2v) is 9.97. The molecule has 0 amide bonds. The van der Waals surface area contributed by atoms with Crippen LogP contribution in [0, 0.1) is 30.9 Å². The number of nitro benzene ring substituents is 1. The number of nitrogens with one attached hydrogen (secondary N) is 1. The first-order chi connectivity index (χ1) is 14.9. The van der Waals surface area contributed by atoms with Crippen molar-refractivity contribution in [3.8, 4) is 11.5 Å². The lowest BCUT2D eigenvalue weighted by Crippen LogP contribution is -2.15. The maximum Gasteiger partial charge on any atom is 0.271 e. The van der Waals surface area contributed by atoms with Crippen LogP contribution >= 0.6 is 34.8 Å². The number of ether oxygens (including phenoxy) is 1. The summed E-state index contributed by atoms with van der Waals surface area (Å²) >= 11 is 18.6. The van der Waals surface area contributed by atoms with Gasteiger partial charge in [0, 0.05) is 12.1 Å². The Kier molecular flexibility index (Phi) is 6.90. The number of rotatable bonds is 6. The second-order valence-electron chi connectivity index (χ2n) is 7.07. The van der Waals surface area contributed by atoms with Crippen molar-refractivity contribution in [2.45, 2.75) is 25.7 Å². The van der Waals surface area contributed by atoms with E-state index in [0.29, 0.717) is 5.69 Å². The normalized spacial score (nSPS) is 11.3. The van der Waals surface area contributed by atoms with Gasteiger partial charge in [0.1, 0.15) is 5.75 Å². The summed E-state index contributed by atoms with van der Waals surface area (Å²) in [5.74, 6) is 0.0337. The Morgan fingerprint density at radius 2 is 1.47 bits per heavy atom. The Hall–Kier alpha value is -2.52. The van der Waals surface area contributed by atoms with E-state index in [-0.39, 0.29) is 37.1 Å². The van der Waals surface area contributed by atoms with Crippen LogP contribution in [0.25, 0.3) is 0 Å². The molecular weight excluding hydrogens is 499 g/mol. The van der Waals surface area contributed by atoms with Crippen LogP contribution in [-0.2, 0) is 10.0 Å². The number of aryl methyl sites for hydroxylation is 3. The molecule has 3 aromatic carbocycles. The molecule has 0 radical (unpaired) electrons. The molecule has 3 rings (SSSR count). The van der Waals surface area contributed by atoms with E-state index < -0.39 is 14.9 Å². The second kappa shape index (κ2) is 9.15. The number of benzene rings is 3. The van der Waals surface area contributed by atoms with E-state index in [0.717, 1.165) is 22.8 Å². The van der Waals surface area contributed by atoms with E-state index in [9.17, 15) is 18.5 Å². The highest BCUT2D eigenvalue weighted by Gasteiger charge is 2.22. The molecule has 0 aliphatic rings. The highest BCUT2D eigenvalue weighted by molar-refractivity contribution is 7.92. The first-order valence-corrected chi connectivity index (χ1v) is 11.7. The lowest BCUT2D eigenvalue weighted by atomic mass is 10.1. The molecule has 0 bridgehead atoms. The van der Waals surface area contributed by atoms with Crippen molar-refractivity contribution in [2.75, 3.05) is 4.72 Å². The van der Waals surface area contributed by atoms with Crippen molar-refractivity contribution in [1.82, 2.24) is 0 Å². The van der Waals surface area contributed by atoms with Crippen LogP contribution in [0.15, 0.2) is 47.4 Å². The minimum Gasteiger partial charge on any atom is -0.453 e. The molecule has 0 heterocycles. The number of halogens is 3. The molecule has 0 unspecified atom stereocenters. The smallest absolute Gasteiger partial charge is 0.271 e. The average molecular weight is 516 g/mol. The number of hydrogen-bond acceptors (Lipinski definition) is 5. The fraction of sp³-hybridized carbons (Fsp3) is 0.143. The fourth-order valence-electron chi connectivity index (χ4n) is 3.12. The number of nitrogens with zero attached hydrogens (tertiary/aromatic N) is 1. The van der Waals surface area contributed by atoms with Gasteiger partial charge in [-0.2, -0.15) is 0 Å². The summed E-state index contributed by atoms with van der Waals surface area (Å²) in [4.78, 5) is 10.1. The SMILES string of the molecule is Cc1cc(C)c(NS(=O)(=O)c2cc(Cl)c(Oc3ccc([N+](=O)[O-])cc3Cl)c(Cl)c2)c(C)c1. The summed E-state index contributed by atoms with van der Waals surface area (Å²) in [6.07, 6.45) is 0. The number of hydrogen-bond donors (Lipinski definition) is 1. The van der Waals surface area contributed by atoms with Crippen molar-refractivity contribution in [2.24, 2.45) is 0 Å². The third-order valence-corrected chi connectivity index (χ3v) is 6.72. The van der Waals surface area contributed by atoms with Crippen LogP contribution in [0.5, 0.6) is 11.5 Å². The lowest BCUT2D eigenvalue weighted by Gasteiger charge is -2.16.